The molecular formula is C17H22N4O2. The summed E-state index contributed by atoms with van der Waals surface area (Å²) in [5.74, 6) is 0.933. The van der Waals surface area contributed by atoms with Crippen LogP contribution in [-0.2, 0) is 17.8 Å². The Hall–Kier alpha value is -2.34. The van der Waals surface area contributed by atoms with Gasteiger partial charge in [0.05, 0.1) is 6.54 Å². The number of nitrogens with zero attached hydrogens (tertiary/aromatic N) is 2. The topological polar surface area (TPSA) is 68.2 Å². The number of aryl methyl sites for hydroxylation is 1. The first-order valence-electron chi connectivity index (χ1n) is 7.97. The molecule has 2 N–H and O–H groups in total. The van der Waals surface area contributed by atoms with Crippen molar-refractivity contribution >= 4 is 11.6 Å². The van der Waals surface area contributed by atoms with Crippen LogP contribution in [0, 0.1) is 0 Å². The molecule has 1 aromatic heterocycles. The molecule has 1 aromatic carbocycles. The predicted molar refractivity (Wildman–Crippen MR) is 88.6 cm³/mol. The minimum absolute atomic E-state index is 0.0848. The van der Waals surface area contributed by atoms with Crippen molar-refractivity contribution < 1.29 is 9.53 Å². The number of hydrogen-bond acceptors (Lipinski definition) is 4. The Morgan fingerprint density at radius 3 is 3.17 bits per heavy atom. The molecule has 0 spiro atoms. The first-order valence-corrected chi connectivity index (χ1v) is 7.97. The maximum Gasteiger partial charge on any atom is 0.224 e. The Kier molecular flexibility index (Phi) is 4.92. The molecule has 1 unspecified atom stereocenters. The van der Waals surface area contributed by atoms with E-state index < -0.39 is 0 Å². The van der Waals surface area contributed by atoms with Gasteiger partial charge >= 0.3 is 0 Å². The summed E-state index contributed by atoms with van der Waals surface area (Å²) in [6, 6.07) is 8.08. The maximum atomic E-state index is 11.3. The number of amides is 1. The van der Waals surface area contributed by atoms with Gasteiger partial charge in [-0.3, -0.25) is 9.48 Å². The fourth-order valence-electron chi connectivity index (χ4n) is 2.68. The first-order chi connectivity index (χ1) is 11.2. The Labute approximate surface area is 135 Å². The van der Waals surface area contributed by atoms with Crippen LogP contribution in [0.2, 0.25) is 0 Å². The van der Waals surface area contributed by atoms with Crippen molar-refractivity contribution in [3.63, 3.8) is 0 Å². The van der Waals surface area contributed by atoms with Gasteiger partial charge in [0, 0.05) is 37.1 Å². The van der Waals surface area contributed by atoms with E-state index in [1.165, 1.54) is 0 Å². The monoisotopic (exact) mass is 314 g/mol. The smallest absolute Gasteiger partial charge is 0.224 e. The molecule has 0 saturated heterocycles. The molecule has 1 aliphatic heterocycles. The number of benzene rings is 1. The Morgan fingerprint density at radius 1 is 1.43 bits per heavy atom. The van der Waals surface area contributed by atoms with Gasteiger partial charge in [-0.15, -0.1) is 0 Å². The van der Waals surface area contributed by atoms with Crippen molar-refractivity contribution in [2.24, 2.45) is 0 Å². The third-order valence-electron chi connectivity index (χ3n) is 3.86. The molecule has 6 heteroatoms. The number of fused-ring (bicyclic) bond motifs is 1. The highest BCUT2D eigenvalue weighted by Crippen LogP contribution is 2.26. The summed E-state index contributed by atoms with van der Waals surface area (Å²) < 4.78 is 7.70. The van der Waals surface area contributed by atoms with E-state index in [-0.39, 0.29) is 5.91 Å². The minimum atomic E-state index is 0.0848. The zero-order valence-electron chi connectivity index (χ0n) is 13.3. The summed E-state index contributed by atoms with van der Waals surface area (Å²) in [6.45, 7) is 4.35. The second-order valence-electron chi connectivity index (χ2n) is 5.80. The van der Waals surface area contributed by atoms with E-state index in [2.05, 4.69) is 22.7 Å². The van der Waals surface area contributed by atoms with Gasteiger partial charge in [0.15, 0.2) is 0 Å². The Balaban J connectivity index is 1.41. The molecular weight excluding hydrogens is 292 g/mol. The normalized spacial score (nSPS) is 14.9. The van der Waals surface area contributed by atoms with Gasteiger partial charge in [-0.2, -0.15) is 5.10 Å². The Bertz CT molecular complexity index is 655. The largest absolute Gasteiger partial charge is 0.492 e. The van der Waals surface area contributed by atoms with Gasteiger partial charge in [-0.05, 0) is 43.2 Å². The summed E-state index contributed by atoms with van der Waals surface area (Å²) in [6.07, 6.45) is 5.06. The quantitative estimate of drug-likeness (QED) is 0.765. The van der Waals surface area contributed by atoms with E-state index in [0.29, 0.717) is 19.1 Å². The van der Waals surface area contributed by atoms with Crippen LogP contribution in [0.5, 0.6) is 5.75 Å². The lowest BCUT2D eigenvalue weighted by Crippen LogP contribution is -2.33. The van der Waals surface area contributed by atoms with E-state index in [9.17, 15) is 4.79 Å². The molecule has 0 aliphatic carbocycles. The number of aromatic nitrogens is 2. The van der Waals surface area contributed by atoms with Crippen LogP contribution in [-0.4, -0.2) is 34.9 Å². The van der Waals surface area contributed by atoms with E-state index >= 15 is 0 Å². The van der Waals surface area contributed by atoms with Crippen LogP contribution in [0.25, 0.3) is 0 Å². The van der Waals surface area contributed by atoms with E-state index in [0.717, 1.165) is 36.5 Å². The van der Waals surface area contributed by atoms with Gasteiger partial charge in [0.2, 0.25) is 5.91 Å². The van der Waals surface area contributed by atoms with Crippen LogP contribution in [0.15, 0.2) is 36.7 Å². The van der Waals surface area contributed by atoms with E-state index in [4.69, 9.17) is 4.74 Å². The predicted octanol–water partition coefficient (Wildman–Crippen LogP) is 1.82. The molecule has 2 heterocycles. The second kappa shape index (κ2) is 7.28. The highest BCUT2D eigenvalue weighted by atomic mass is 16.5. The average Bonchev–Trinajstić information content (AvgIpc) is 3.04. The van der Waals surface area contributed by atoms with Crippen molar-refractivity contribution in [2.75, 3.05) is 18.5 Å². The average molecular weight is 314 g/mol. The van der Waals surface area contributed by atoms with Crippen molar-refractivity contribution in [3.05, 3.63) is 42.2 Å². The fourth-order valence-corrected chi connectivity index (χ4v) is 2.68. The minimum Gasteiger partial charge on any atom is -0.492 e. The summed E-state index contributed by atoms with van der Waals surface area (Å²) in [4.78, 5) is 11.3. The molecule has 1 amide bonds. The highest BCUT2D eigenvalue weighted by molar-refractivity contribution is 5.93. The van der Waals surface area contributed by atoms with Gasteiger partial charge in [-0.25, -0.2) is 0 Å². The summed E-state index contributed by atoms with van der Waals surface area (Å²) in [7, 11) is 0. The van der Waals surface area contributed by atoms with Crippen molar-refractivity contribution in [2.45, 2.75) is 32.4 Å². The van der Waals surface area contributed by atoms with Crippen molar-refractivity contribution in [3.8, 4) is 5.75 Å². The molecule has 3 rings (SSSR count). The van der Waals surface area contributed by atoms with Crippen LogP contribution in [0.3, 0.4) is 0 Å². The maximum absolute atomic E-state index is 11.3. The zero-order chi connectivity index (χ0) is 16.1. The van der Waals surface area contributed by atoms with Crippen LogP contribution < -0.4 is 15.4 Å². The van der Waals surface area contributed by atoms with Gasteiger partial charge in [0.1, 0.15) is 12.4 Å². The lowest BCUT2D eigenvalue weighted by molar-refractivity contribution is -0.116. The SMILES string of the molecule is CC(Cn1cccn1)NCCOc1ccc2c(c1)CCC(=O)N2. The van der Waals surface area contributed by atoms with Crippen LogP contribution in [0.1, 0.15) is 18.9 Å². The number of rotatable bonds is 7. The first kappa shape index (κ1) is 15.6. The fraction of sp³-hybridized carbons (Fsp3) is 0.412. The molecule has 122 valence electrons. The Morgan fingerprint density at radius 2 is 2.35 bits per heavy atom. The molecule has 23 heavy (non-hydrogen) atoms. The van der Waals surface area contributed by atoms with Gasteiger partial charge in [-0.1, -0.05) is 0 Å². The molecule has 6 nitrogen and oxygen atoms in total. The third-order valence-corrected chi connectivity index (χ3v) is 3.86. The van der Waals surface area contributed by atoms with E-state index in [1.807, 2.05) is 35.1 Å². The number of ether oxygens (including phenoxy) is 1. The highest BCUT2D eigenvalue weighted by Gasteiger charge is 2.14. The standard InChI is InChI=1S/C17H22N4O2/c1-13(12-21-9-2-7-19-21)18-8-10-23-15-4-5-16-14(11-15)3-6-17(22)20-16/h2,4-5,7,9,11,13,18H,3,6,8,10,12H2,1H3,(H,20,22). The number of hydrogen-bond donors (Lipinski definition) is 2. The third kappa shape index (κ3) is 4.32. The number of carbonyl (C=O) groups excluding carboxylic acids is 1. The molecule has 0 fully saturated rings. The van der Waals surface area contributed by atoms with Crippen molar-refractivity contribution in [1.82, 2.24) is 15.1 Å². The summed E-state index contributed by atoms with van der Waals surface area (Å²) >= 11 is 0. The molecule has 1 aliphatic rings. The molecule has 0 saturated carbocycles. The van der Waals surface area contributed by atoms with Gasteiger partial charge < -0.3 is 15.4 Å². The molecule has 2 aromatic rings. The van der Waals surface area contributed by atoms with Crippen LogP contribution in [0.4, 0.5) is 5.69 Å². The summed E-state index contributed by atoms with van der Waals surface area (Å²) in [5.41, 5.74) is 2.04. The van der Waals surface area contributed by atoms with Crippen molar-refractivity contribution in [1.29, 1.82) is 0 Å². The second-order valence-corrected chi connectivity index (χ2v) is 5.80. The molecule has 1 atom stereocenters. The number of carbonyl (C=O) groups is 1. The molecule has 0 radical (unpaired) electrons. The summed E-state index contributed by atoms with van der Waals surface area (Å²) in [5, 5.41) is 10.5. The number of anilines is 1. The zero-order valence-corrected chi connectivity index (χ0v) is 13.3. The lowest BCUT2D eigenvalue weighted by Gasteiger charge is -2.18. The van der Waals surface area contributed by atoms with E-state index in [1.54, 1.807) is 6.20 Å². The lowest BCUT2D eigenvalue weighted by atomic mass is 10.0. The number of nitrogens with one attached hydrogen (secondary N) is 2. The van der Waals surface area contributed by atoms with Crippen LogP contribution >= 0.6 is 0 Å². The van der Waals surface area contributed by atoms with Gasteiger partial charge in [0.25, 0.3) is 0 Å². The molecule has 0 bridgehead atoms.